The summed E-state index contributed by atoms with van der Waals surface area (Å²) in [7, 11) is 0. The molecule has 0 aliphatic carbocycles. The standard InChI is InChI=1S/C24H20N2OS/c1-4-20-15-19-10-8-9-18(13-14-22-16(2)25-17(3)28-22)23(19)24(27)26(20)21-11-6-5-7-12-21/h5-12,15H,4H2,1-3H3. The van der Waals surface area contributed by atoms with E-state index in [1.165, 1.54) is 0 Å². The number of nitrogens with zero attached hydrogens (tertiary/aromatic N) is 2. The molecule has 0 fully saturated rings. The summed E-state index contributed by atoms with van der Waals surface area (Å²) in [6.45, 7) is 6.01. The third-order valence-electron chi connectivity index (χ3n) is 4.71. The van der Waals surface area contributed by atoms with E-state index < -0.39 is 0 Å². The molecular formula is C24H20N2OS. The van der Waals surface area contributed by atoms with Gasteiger partial charge < -0.3 is 0 Å². The van der Waals surface area contributed by atoms with Crippen LogP contribution in [0, 0.1) is 25.7 Å². The topological polar surface area (TPSA) is 34.9 Å². The smallest absolute Gasteiger partial charge is 0.264 e. The van der Waals surface area contributed by atoms with Crippen LogP contribution in [0.2, 0.25) is 0 Å². The Morgan fingerprint density at radius 1 is 1.04 bits per heavy atom. The van der Waals surface area contributed by atoms with Gasteiger partial charge in [0.05, 0.1) is 16.1 Å². The number of hydrogen-bond acceptors (Lipinski definition) is 3. The predicted molar refractivity (Wildman–Crippen MR) is 116 cm³/mol. The van der Waals surface area contributed by atoms with Gasteiger partial charge in [0.2, 0.25) is 0 Å². The maximum atomic E-state index is 13.5. The molecule has 4 aromatic rings. The number of rotatable bonds is 2. The van der Waals surface area contributed by atoms with Crippen molar-refractivity contribution in [2.75, 3.05) is 0 Å². The molecule has 0 aliphatic heterocycles. The normalized spacial score (nSPS) is 10.7. The highest BCUT2D eigenvalue weighted by atomic mass is 32.1. The van der Waals surface area contributed by atoms with Crippen LogP contribution in [0.4, 0.5) is 0 Å². The largest absolute Gasteiger partial charge is 0.281 e. The number of benzene rings is 2. The zero-order valence-corrected chi connectivity index (χ0v) is 16.9. The highest BCUT2D eigenvalue weighted by Crippen LogP contribution is 2.20. The van der Waals surface area contributed by atoms with Crippen LogP contribution in [0.1, 0.15) is 33.8 Å². The van der Waals surface area contributed by atoms with Gasteiger partial charge in [0.1, 0.15) is 4.88 Å². The molecule has 2 aromatic carbocycles. The van der Waals surface area contributed by atoms with Crippen LogP contribution in [0.15, 0.2) is 59.4 Å². The lowest BCUT2D eigenvalue weighted by molar-refractivity contribution is 0.889. The van der Waals surface area contributed by atoms with E-state index in [-0.39, 0.29) is 5.56 Å². The van der Waals surface area contributed by atoms with Crippen LogP contribution in [0.5, 0.6) is 0 Å². The van der Waals surface area contributed by atoms with Gasteiger partial charge in [-0.05, 0) is 55.8 Å². The van der Waals surface area contributed by atoms with Gasteiger partial charge in [-0.3, -0.25) is 9.36 Å². The fraction of sp³-hybridized carbons (Fsp3) is 0.167. The van der Waals surface area contributed by atoms with Gasteiger partial charge in [0.15, 0.2) is 0 Å². The second-order valence-electron chi connectivity index (χ2n) is 6.63. The fourth-order valence-electron chi connectivity index (χ4n) is 3.41. The SMILES string of the molecule is CCc1cc2cccc(C#Cc3sc(C)nc3C)c2c(=O)n1-c1ccccc1. The quantitative estimate of drug-likeness (QED) is 0.455. The number of thiazole rings is 1. The Hall–Kier alpha value is -3.16. The summed E-state index contributed by atoms with van der Waals surface area (Å²) in [4.78, 5) is 18.9. The molecule has 28 heavy (non-hydrogen) atoms. The number of pyridine rings is 1. The zero-order valence-electron chi connectivity index (χ0n) is 16.1. The van der Waals surface area contributed by atoms with E-state index >= 15 is 0 Å². The molecule has 2 aromatic heterocycles. The van der Waals surface area contributed by atoms with Gasteiger partial charge in [-0.15, -0.1) is 11.3 Å². The number of aromatic nitrogens is 2. The van der Waals surface area contributed by atoms with Crippen molar-refractivity contribution in [2.45, 2.75) is 27.2 Å². The molecule has 0 atom stereocenters. The minimum absolute atomic E-state index is 0.0253. The number of hydrogen-bond donors (Lipinski definition) is 0. The van der Waals surface area contributed by atoms with Gasteiger partial charge in [-0.2, -0.15) is 0 Å². The molecule has 0 unspecified atom stereocenters. The molecule has 0 N–H and O–H groups in total. The van der Waals surface area contributed by atoms with Crippen LogP contribution < -0.4 is 5.56 Å². The Morgan fingerprint density at radius 2 is 1.82 bits per heavy atom. The van der Waals surface area contributed by atoms with Crippen LogP contribution in [-0.4, -0.2) is 9.55 Å². The third-order valence-corrected chi connectivity index (χ3v) is 5.70. The average molecular weight is 385 g/mol. The van der Waals surface area contributed by atoms with Crippen molar-refractivity contribution in [1.29, 1.82) is 0 Å². The summed E-state index contributed by atoms with van der Waals surface area (Å²) in [6.07, 6.45) is 0.773. The van der Waals surface area contributed by atoms with Gasteiger partial charge in [0, 0.05) is 16.9 Å². The summed E-state index contributed by atoms with van der Waals surface area (Å²) in [6, 6.07) is 17.7. The Balaban J connectivity index is 1.98. The van der Waals surface area contributed by atoms with Crippen molar-refractivity contribution in [1.82, 2.24) is 9.55 Å². The van der Waals surface area contributed by atoms with Gasteiger partial charge in [0.25, 0.3) is 5.56 Å². The molecule has 0 radical (unpaired) electrons. The van der Waals surface area contributed by atoms with Crippen LogP contribution in [0.25, 0.3) is 16.5 Å². The zero-order chi connectivity index (χ0) is 19.7. The summed E-state index contributed by atoms with van der Waals surface area (Å²) in [5.41, 5.74) is 3.53. The predicted octanol–water partition coefficient (Wildman–Crippen LogP) is 5.03. The van der Waals surface area contributed by atoms with Crippen LogP contribution in [0.3, 0.4) is 0 Å². The summed E-state index contributed by atoms with van der Waals surface area (Å²) >= 11 is 1.58. The molecular weight excluding hydrogens is 364 g/mol. The lowest BCUT2D eigenvalue weighted by atomic mass is 10.0. The highest BCUT2D eigenvalue weighted by molar-refractivity contribution is 7.12. The van der Waals surface area contributed by atoms with Crippen molar-refractivity contribution in [2.24, 2.45) is 0 Å². The van der Waals surface area contributed by atoms with E-state index in [1.807, 2.05) is 62.4 Å². The van der Waals surface area contributed by atoms with Crippen molar-refractivity contribution < 1.29 is 0 Å². The van der Waals surface area contributed by atoms with Crippen molar-refractivity contribution >= 4 is 22.1 Å². The van der Waals surface area contributed by atoms with Crippen molar-refractivity contribution in [3.63, 3.8) is 0 Å². The lowest BCUT2D eigenvalue weighted by Gasteiger charge is -2.14. The number of para-hydroxylation sites is 1. The van der Waals surface area contributed by atoms with Crippen molar-refractivity contribution in [3.8, 4) is 17.5 Å². The second kappa shape index (κ2) is 7.46. The molecule has 138 valence electrons. The summed E-state index contributed by atoms with van der Waals surface area (Å²) in [5, 5.41) is 2.59. The van der Waals surface area contributed by atoms with Gasteiger partial charge >= 0.3 is 0 Å². The van der Waals surface area contributed by atoms with E-state index in [9.17, 15) is 4.79 Å². The first-order valence-electron chi connectivity index (χ1n) is 9.27. The molecule has 0 spiro atoms. The monoisotopic (exact) mass is 384 g/mol. The van der Waals surface area contributed by atoms with Crippen LogP contribution >= 0.6 is 11.3 Å². The number of aryl methyl sites for hydroxylation is 3. The first-order chi connectivity index (χ1) is 13.6. The Bertz CT molecular complexity index is 1290. The van der Waals surface area contributed by atoms with E-state index in [0.29, 0.717) is 5.39 Å². The Morgan fingerprint density at radius 3 is 2.50 bits per heavy atom. The molecule has 2 heterocycles. The first-order valence-corrected chi connectivity index (χ1v) is 10.1. The van der Waals surface area contributed by atoms with E-state index in [0.717, 1.165) is 44.3 Å². The second-order valence-corrected chi connectivity index (χ2v) is 7.84. The molecule has 4 rings (SSSR count). The van der Waals surface area contributed by atoms with E-state index in [1.54, 1.807) is 15.9 Å². The van der Waals surface area contributed by atoms with Gasteiger partial charge in [-0.1, -0.05) is 43.2 Å². The summed E-state index contributed by atoms with van der Waals surface area (Å²) < 4.78 is 1.80. The average Bonchev–Trinajstić information content (AvgIpc) is 3.03. The Labute approximate surface area is 168 Å². The Kier molecular flexibility index (Phi) is 4.85. The first kappa shape index (κ1) is 18.2. The molecule has 4 heteroatoms. The molecule has 0 saturated carbocycles. The molecule has 0 aliphatic rings. The molecule has 0 bridgehead atoms. The molecule has 0 saturated heterocycles. The fourth-order valence-corrected chi connectivity index (χ4v) is 4.18. The van der Waals surface area contributed by atoms with E-state index in [4.69, 9.17) is 0 Å². The minimum Gasteiger partial charge on any atom is -0.281 e. The highest BCUT2D eigenvalue weighted by Gasteiger charge is 2.12. The minimum atomic E-state index is -0.0253. The van der Waals surface area contributed by atoms with Crippen molar-refractivity contribution in [3.05, 3.63) is 91.8 Å². The van der Waals surface area contributed by atoms with E-state index in [2.05, 4.69) is 29.8 Å². The summed E-state index contributed by atoms with van der Waals surface area (Å²) in [5.74, 6) is 6.44. The maximum absolute atomic E-state index is 13.5. The lowest BCUT2D eigenvalue weighted by Crippen LogP contribution is -2.22. The molecule has 0 amide bonds. The van der Waals surface area contributed by atoms with Crippen LogP contribution in [-0.2, 0) is 6.42 Å². The van der Waals surface area contributed by atoms with Gasteiger partial charge in [-0.25, -0.2) is 4.98 Å². The number of fused-ring (bicyclic) bond motifs is 1. The molecule has 3 nitrogen and oxygen atoms in total. The maximum Gasteiger partial charge on any atom is 0.264 e. The third kappa shape index (κ3) is 3.26.